The quantitative estimate of drug-likeness (QED) is 0.694. The second-order valence-corrected chi connectivity index (χ2v) is 7.03. The Morgan fingerprint density at radius 1 is 0.931 bits per heavy atom. The van der Waals surface area contributed by atoms with E-state index in [1.165, 1.54) is 0 Å². The number of carbonyl (C=O) groups is 1. The lowest BCUT2D eigenvalue weighted by atomic mass is 10.0. The van der Waals surface area contributed by atoms with E-state index in [9.17, 15) is 4.79 Å². The molecular formula is C23H21N5O. The minimum Gasteiger partial charge on any atom is -0.337 e. The number of rotatable bonds is 3. The summed E-state index contributed by atoms with van der Waals surface area (Å²) in [7, 11) is 0. The molecule has 2 aromatic carbocycles. The Morgan fingerprint density at radius 2 is 1.59 bits per heavy atom. The van der Waals surface area contributed by atoms with Crippen molar-refractivity contribution in [3.8, 4) is 17.2 Å². The highest BCUT2D eigenvalue weighted by molar-refractivity contribution is 5.94. The molecule has 4 rings (SSSR count). The van der Waals surface area contributed by atoms with Crippen LogP contribution in [0, 0.1) is 18.3 Å². The second-order valence-electron chi connectivity index (χ2n) is 7.03. The number of benzene rings is 2. The number of aryl methyl sites for hydroxylation is 1. The molecule has 1 saturated heterocycles. The molecule has 1 fully saturated rings. The smallest absolute Gasteiger partial charge is 0.253 e. The monoisotopic (exact) mass is 383 g/mol. The summed E-state index contributed by atoms with van der Waals surface area (Å²) < 4.78 is 0. The van der Waals surface area contributed by atoms with Crippen LogP contribution >= 0.6 is 0 Å². The number of hydrogen-bond acceptors (Lipinski definition) is 5. The number of amides is 1. The van der Waals surface area contributed by atoms with Gasteiger partial charge in [0.2, 0.25) is 5.95 Å². The minimum absolute atomic E-state index is 0.0344. The molecule has 0 unspecified atom stereocenters. The molecule has 6 nitrogen and oxygen atoms in total. The van der Waals surface area contributed by atoms with Gasteiger partial charge in [0.1, 0.15) is 11.8 Å². The van der Waals surface area contributed by atoms with E-state index in [0.29, 0.717) is 43.4 Å². The second kappa shape index (κ2) is 8.11. The minimum atomic E-state index is 0.0344. The van der Waals surface area contributed by atoms with Crippen LogP contribution in [0.1, 0.15) is 21.7 Å². The van der Waals surface area contributed by atoms with Gasteiger partial charge in [-0.15, -0.1) is 0 Å². The van der Waals surface area contributed by atoms with E-state index in [-0.39, 0.29) is 5.91 Å². The van der Waals surface area contributed by atoms with E-state index < -0.39 is 0 Å². The average molecular weight is 383 g/mol. The van der Waals surface area contributed by atoms with E-state index in [1.807, 2.05) is 59.2 Å². The Labute approximate surface area is 170 Å². The van der Waals surface area contributed by atoms with E-state index in [1.54, 1.807) is 6.07 Å². The number of anilines is 1. The Kier molecular flexibility index (Phi) is 5.21. The lowest BCUT2D eigenvalue weighted by Crippen LogP contribution is -2.49. The topological polar surface area (TPSA) is 73.1 Å². The van der Waals surface area contributed by atoms with Gasteiger partial charge in [0.05, 0.1) is 0 Å². The zero-order valence-electron chi connectivity index (χ0n) is 16.2. The van der Waals surface area contributed by atoms with Crippen molar-refractivity contribution in [2.45, 2.75) is 6.92 Å². The highest BCUT2D eigenvalue weighted by Gasteiger charge is 2.24. The van der Waals surface area contributed by atoms with E-state index in [0.717, 1.165) is 16.8 Å². The fraction of sp³-hybridized carbons (Fsp3) is 0.217. The molecule has 0 N–H and O–H groups in total. The van der Waals surface area contributed by atoms with Gasteiger partial charge in [-0.05, 0) is 36.2 Å². The highest BCUT2D eigenvalue weighted by atomic mass is 16.2. The number of nitriles is 1. The molecule has 0 aliphatic carbocycles. The summed E-state index contributed by atoms with van der Waals surface area (Å²) in [6.07, 6.45) is 0. The molecule has 0 atom stereocenters. The summed E-state index contributed by atoms with van der Waals surface area (Å²) in [6.45, 7) is 4.33. The number of piperazine rings is 1. The maximum absolute atomic E-state index is 12.9. The summed E-state index contributed by atoms with van der Waals surface area (Å²) in [5.74, 6) is 0.591. The van der Waals surface area contributed by atoms with Gasteiger partial charge >= 0.3 is 0 Å². The van der Waals surface area contributed by atoms with Crippen molar-refractivity contribution in [2.75, 3.05) is 31.1 Å². The maximum atomic E-state index is 12.9. The number of nitrogens with zero attached hydrogens (tertiary/aromatic N) is 5. The number of hydrogen-bond donors (Lipinski definition) is 0. The van der Waals surface area contributed by atoms with Crippen molar-refractivity contribution >= 4 is 11.9 Å². The predicted molar refractivity (Wildman–Crippen MR) is 111 cm³/mol. The third kappa shape index (κ3) is 4.09. The van der Waals surface area contributed by atoms with Gasteiger partial charge in [-0.3, -0.25) is 4.79 Å². The Balaban J connectivity index is 1.42. The summed E-state index contributed by atoms with van der Waals surface area (Å²) in [4.78, 5) is 25.5. The Hall–Kier alpha value is -3.72. The van der Waals surface area contributed by atoms with E-state index in [2.05, 4.69) is 28.2 Å². The van der Waals surface area contributed by atoms with Crippen LogP contribution in [0.4, 0.5) is 5.95 Å². The molecule has 1 aliphatic rings. The van der Waals surface area contributed by atoms with E-state index >= 15 is 0 Å². The van der Waals surface area contributed by atoms with Gasteiger partial charge in [-0.1, -0.05) is 42.5 Å². The van der Waals surface area contributed by atoms with Crippen molar-refractivity contribution in [3.05, 3.63) is 77.6 Å². The summed E-state index contributed by atoms with van der Waals surface area (Å²) >= 11 is 0. The van der Waals surface area contributed by atoms with Gasteiger partial charge in [0, 0.05) is 37.4 Å². The van der Waals surface area contributed by atoms with Gasteiger partial charge in [0.15, 0.2) is 0 Å². The van der Waals surface area contributed by atoms with Crippen LogP contribution in [-0.4, -0.2) is 47.0 Å². The standard InChI is InChI=1S/C23H21N5O/c1-17-15-21(16-24)26-23(25-17)28-13-11-27(12-14-28)22(29)20-9-7-19(8-10-20)18-5-3-2-4-6-18/h2-10,15H,11-14H2,1H3. The molecule has 6 heteroatoms. The largest absolute Gasteiger partial charge is 0.337 e. The van der Waals surface area contributed by atoms with Gasteiger partial charge in [-0.25, -0.2) is 9.97 Å². The third-order valence-electron chi connectivity index (χ3n) is 5.05. The van der Waals surface area contributed by atoms with Gasteiger partial charge < -0.3 is 9.80 Å². The fourth-order valence-electron chi connectivity index (χ4n) is 3.48. The first-order chi connectivity index (χ1) is 14.1. The summed E-state index contributed by atoms with van der Waals surface area (Å²) in [6, 6.07) is 21.6. The third-order valence-corrected chi connectivity index (χ3v) is 5.05. The normalized spacial score (nSPS) is 13.8. The molecule has 1 aliphatic heterocycles. The Morgan fingerprint density at radius 3 is 2.24 bits per heavy atom. The van der Waals surface area contributed by atoms with Crippen molar-refractivity contribution in [3.63, 3.8) is 0 Å². The lowest BCUT2D eigenvalue weighted by Gasteiger charge is -2.34. The van der Waals surface area contributed by atoms with Crippen molar-refractivity contribution < 1.29 is 4.79 Å². The number of aromatic nitrogens is 2. The van der Waals surface area contributed by atoms with Crippen LogP contribution in [0.3, 0.4) is 0 Å². The molecule has 29 heavy (non-hydrogen) atoms. The average Bonchev–Trinajstić information content (AvgIpc) is 2.79. The van der Waals surface area contributed by atoms with Crippen LogP contribution in [0.15, 0.2) is 60.7 Å². The summed E-state index contributed by atoms with van der Waals surface area (Å²) in [5, 5.41) is 9.11. The van der Waals surface area contributed by atoms with Gasteiger partial charge in [0.25, 0.3) is 5.91 Å². The molecule has 0 saturated carbocycles. The summed E-state index contributed by atoms with van der Waals surface area (Å²) in [5.41, 5.74) is 4.05. The van der Waals surface area contributed by atoms with Crippen molar-refractivity contribution in [1.82, 2.24) is 14.9 Å². The van der Waals surface area contributed by atoms with Crippen LogP contribution in [-0.2, 0) is 0 Å². The molecule has 3 aromatic rings. The van der Waals surface area contributed by atoms with Crippen LogP contribution in [0.25, 0.3) is 11.1 Å². The van der Waals surface area contributed by atoms with Crippen molar-refractivity contribution in [1.29, 1.82) is 5.26 Å². The van der Waals surface area contributed by atoms with Crippen LogP contribution in [0.2, 0.25) is 0 Å². The SMILES string of the molecule is Cc1cc(C#N)nc(N2CCN(C(=O)c3ccc(-c4ccccc4)cc3)CC2)n1. The molecule has 2 heterocycles. The molecule has 0 radical (unpaired) electrons. The zero-order valence-corrected chi connectivity index (χ0v) is 16.2. The highest BCUT2D eigenvalue weighted by Crippen LogP contribution is 2.20. The van der Waals surface area contributed by atoms with Crippen LogP contribution < -0.4 is 4.90 Å². The molecule has 0 spiro atoms. The van der Waals surface area contributed by atoms with Gasteiger partial charge in [-0.2, -0.15) is 5.26 Å². The molecule has 0 bridgehead atoms. The molecular weight excluding hydrogens is 362 g/mol. The first kappa shape index (κ1) is 18.6. The predicted octanol–water partition coefficient (Wildman–Crippen LogP) is 3.29. The number of carbonyl (C=O) groups excluding carboxylic acids is 1. The zero-order chi connectivity index (χ0) is 20.2. The maximum Gasteiger partial charge on any atom is 0.253 e. The fourth-order valence-corrected chi connectivity index (χ4v) is 3.48. The Bertz CT molecular complexity index is 1050. The first-order valence-corrected chi connectivity index (χ1v) is 9.59. The van der Waals surface area contributed by atoms with Crippen LogP contribution in [0.5, 0.6) is 0 Å². The first-order valence-electron chi connectivity index (χ1n) is 9.59. The van der Waals surface area contributed by atoms with Crippen molar-refractivity contribution in [2.24, 2.45) is 0 Å². The molecule has 144 valence electrons. The molecule has 1 amide bonds. The lowest BCUT2D eigenvalue weighted by molar-refractivity contribution is 0.0746. The molecule has 1 aromatic heterocycles. The van der Waals surface area contributed by atoms with E-state index in [4.69, 9.17) is 5.26 Å².